The van der Waals surface area contributed by atoms with Gasteiger partial charge in [0.05, 0.1) is 6.10 Å². The zero-order valence-corrected chi connectivity index (χ0v) is 13.5. The normalized spacial score (nSPS) is 20.0. The van der Waals surface area contributed by atoms with E-state index < -0.39 is 6.10 Å². The zero-order valence-electron chi connectivity index (χ0n) is 13.5. The van der Waals surface area contributed by atoms with Crippen molar-refractivity contribution < 1.29 is 9.53 Å². The standard InChI is InChI=1S/C19H27NO2/c1-2-20(14-15-12-13-15)19(21)18(16-8-4-3-5-9-16)22-17-10-6-7-11-17/h3-5,8-9,15,17-18H,2,6-7,10-14H2,1H3/t18-/m1/s1. The van der Waals surface area contributed by atoms with Gasteiger partial charge in [0, 0.05) is 13.1 Å². The molecule has 1 amide bonds. The first kappa shape index (κ1) is 15.5. The molecule has 0 aliphatic heterocycles. The number of hydrogen-bond donors (Lipinski definition) is 0. The molecule has 3 rings (SSSR count). The van der Waals surface area contributed by atoms with E-state index in [2.05, 4.69) is 6.92 Å². The van der Waals surface area contributed by atoms with Crippen molar-refractivity contribution in [2.45, 2.75) is 57.7 Å². The van der Waals surface area contributed by atoms with E-state index in [1.54, 1.807) is 0 Å². The molecule has 0 spiro atoms. The molecule has 0 aromatic heterocycles. The third-order valence-electron chi connectivity index (χ3n) is 4.83. The Morgan fingerprint density at radius 1 is 1.18 bits per heavy atom. The number of amides is 1. The van der Waals surface area contributed by atoms with Gasteiger partial charge in [-0.3, -0.25) is 4.79 Å². The molecule has 0 unspecified atom stereocenters. The van der Waals surface area contributed by atoms with E-state index in [1.165, 1.54) is 25.7 Å². The Morgan fingerprint density at radius 3 is 2.45 bits per heavy atom. The molecule has 3 heteroatoms. The quantitative estimate of drug-likeness (QED) is 0.763. The fourth-order valence-corrected chi connectivity index (χ4v) is 3.28. The molecule has 1 aromatic rings. The van der Waals surface area contributed by atoms with Crippen molar-refractivity contribution in [1.82, 2.24) is 4.90 Å². The molecule has 2 aliphatic rings. The van der Waals surface area contributed by atoms with Crippen LogP contribution in [0.1, 0.15) is 57.1 Å². The summed E-state index contributed by atoms with van der Waals surface area (Å²) in [5, 5.41) is 0. The molecule has 0 bridgehead atoms. The molecule has 2 aliphatic carbocycles. The van der Waals surface area contributed by atoms with E-state index in [9.17, 15) is 4.79 Å². The summed E-state index contributed by atoms with van der Waals surface area (Å²) in [4.78, 5) is 15.0. The number of hydrogen-bond acceptors (Lipinski definition) is 2. The van der Waals surface area contributed by atoms with Crippen LogP contribution in [-0.2, 0) is 9.53 Å². The highest BCUT2D eigenvalue weighted by Crippen LogP contribution is 2.32. The first-order valence-electron chi connectivity index (χ1n) is 8.77. The van der Waals surface area contributed by atoms with Crippen molar-refractivity contribution in [2.75, 3.05) is 13.1 Å². The third-order valence-corrected chi connectivity index (χ3v) is 4.83. The average molecular weight is 301 g/mol. The summed E-state index contributed by atoms with van der Waals surface area (Å²) in [6, 6.07) is 10.0. The highest BCUT2D eigenvalue weighted by atomic mass is 16.5. The molecule has 120 valence electrons. The van der Waals surface area contributed by atoms with Gasteiger partial charge in [-0.15, -0.1) is 0 Å². The first-order valence-corrected chi connectivity index (χ1v) is 8.77. The van der Waals surface area contributed by atoms with Gasteiger partial charge in [-0.25, -0.2) is 0 Å². The van der Waals surface area contributed by atoms with Gasteiger partial charge in [0.1, 0.15) is 0 Å². The van der Waals surface area contributed by atoms with Gasteiger partial charge in [-0.1, -0.05) is 43.2 Å². The minimum Gasteiger partial charge on any atom is -0.360 e. The second-order valence-corrected chi connectivity index (χ2v) is 6.65. The smallest absolute Gasteiger partial charge is 0.256 e. The molecular weight excluding hydrogens is 274 g/mol. The van der Waals surface area contributed by atoms with Crippen LogP contribution in [0.4, 0.5) is 0 Å². The van der Waals surface area contributed by atoms with Crippen molar-refractivity contribution in [3.63, 3.8) is 0 Å². The Kier molecular flexibility index (Phi) is 5.14. The predicted molar refractivity (Wildman–Crippen MR) is 87.5 cm³/mol. The lowest BCUT2D eigenvalue weighted by atomic mass is 10.1. The van der Waals surface area contributed by atoms with Crippen LogP contribution in [0.25, 0.3) is 0 Å². The van der Waals surface area contributed by atoms with Gasteiger partial charge in [-0.2, -0.15) is 0 Å². The van der Waals surface area contributed by atoms with E-state index in [4.69, 9.17) is 4.74 Å². The summed E-state index contributed by atoms with van der Waals surface area (Å²) in [7, 11) is 0. The van der Waals surface area contributed by atoms with Crippen molar-refractivity contribution in [3.05, 3.63) is 35.9 Å². The zero-order chi connectivity index (χ0) is 15.4. The minimum absolute atomic E-state index is 0.146. The van der Waals surface area contributed by atoms with E-state index in [-0.39, 0.29) is 12.0 Å². The Labute approximate surface area is 133 Å². The van der Waals surface area contributed by atoms with E-state index in [0.29, 0.717) is 5.92 Å². The Morgan fingerprint density at radius 2 is 1.86 bits per heavy atom. The highest BCUT2D eigenvalue weighted by Gasteiger charge is 2.32. The summed E-state index contributed by atoms with van der Waals surface area (Å²) < 4.78 is 6.25. The van der Waals surface area contributed by atoms with Crippen molar-refractivity contribution in [2.24, 2.45) is 5.92 Å². The molecule has 2 saturated carbocycles. The summed E-state index contributed by atoms with van der Waals surface area (Å²) in [6.07, 6.45) is 6.97. The van der Waals surface area contributed by atoms with Crippen LogP contribution in [0, 0.1) is 5.92 Å². The maximum atomic E-state index is 13.0. The molecule has 22 heavy (non-hydrogen) atoms. The molecular formula is C19H27NO2. The van der Waals surface area contributed by atoms with Crippen LogP contribution >= 0.6 is 0 Å². The van der Waals surface area contributed by atoms with E-state index in [1.807, 2.05) is 35.2 Å². The van der Waals surface area contributed by atoms with Crippen molar-refractivity contribution in [1.29, 1.82) is 0 Å². The topological polar surface area (TPSA) is 29.5 Å². The Balaban J connectivity index is 1.74. The lowest BCUT2D eigenvalue weighted by molar-refractivity contribution is -0.148. The van der Waals surface area contributed by atoms with Crippen LogP contribution < -0.4 is 0 Å². The summed E-state index contributed by atoms with van der Waals surface area (Å²) in [6.45, 7) is 3.73. The Hall–Kier alpha value is -1.35. The molecule has 0 N–H and O–H groups in total. The van der Waals surface area contributed by atoms with Gasteiger partial charge in [0.15, 0.2) is 6.10 Å². The number of likely N-dealkylation sites (N-methyl/N-ethyl adjacent to an activating group) is 1. The first-order chi connectivity index (χ1) is 10.8. The number of carbonyl (C=O) groups excluding carboxylic acids is 1. The number of benzene rings is 1. The summed E-state index contributed by atoms with van der Waals surface area (Å²) >= 11 is 0. The highest BCUT2D eigenvalue weighted by molar-refractivity contribution is 5.82. The molecule has 1 aromatic carbocycles. The summed E-state index contributed by atoms with van der Waals surface area (Å²) in [5.74, 6) is 0.860. The van der Waals surface area contributed by atoms with Gasteiger partial charge in [0.25, 0.3) is 5.91 Å². The van der Waals surface area contributed by atoms with Gasteiger partial charge in [0.2, 0.25) is 0 Å². The third kappa shape index (κ3) is 3.89. The fourth-order valence-electron chi connectivity index (χ4n) is 3.28. The number of carbonyl (C=O) groups is 1. The lowest BCUT2D eigenvalue weighted by Gasteiger charge is -2.28. The number of rotatable bonds is 7. The maximum absolute atomic E-state index is 13.0. The molecule has 1 atom stereocenters. The van der Waals surface area contributed by atoms with Gasteiger partial charge in [-0.05, 0) is 44.1 Å². The monoisotopic (exact) mass is 301 g/mol. The van der Waals surface area contributed by atoms with Crippen LogP contribution in [0.3, 0.4) is 0 Å². The largest absolute Gasteiger partial charge is 0.360 e. The minimum atomic E-state index is -0.428. The lowest BCUT2D eigenvalue weighted by Crippen LogP contribution is -2.38. The number of ether oxygens (including phenoxy) is 1. The maximum Gasteiger partial charge on any atom is 0.256 e. The molecule has 3 nitrogen and oxygen atoms in total. The van der Waals surface area contributed by atoms with Crippen LogP contribution in [0.5, 0.6) is 0 Å². The van der Waals surface area contributed by atoms with Gasteiger partial charge < -0.3 is 9.64 Å². The molecule has 2 fully saturated rings. The van der Waals surface area contributed by atoms with Crippen LogP contribution in [-0.4, -0.2) is 30.0 Å². The number of nitrogens with zero attached hydrogens (tertiary/aromatic N) is 1. The second kappa shape index (κ2) is 7.28. The Bertz CT molecular complexity index is 477. The van der Waals surface area contributed by atoms with E-state index >= 15 is 0 Å². The molecule has 0 saturated heterocycles. The van der Waals surface area contributed by atoms with Crippen molar-refractivity contribution in [3.8, 4) is 0 Å². The second-order valence-electron chi connectivity index (χ2n) is 6.65. The van der Waals surface area contributed by atoms with Crippen LogP contribution in [0.2, 0.25) is 0 Å². The van der Waals surface area contributed by atoms with Crippen molar-refractivity contribution >= 4 is 5.91 Å². The van der Waals surface area contributed by atoms with Crippen LogP contribution in [0.15, 0.2) is 30.3 Å². The fraction of sp³-hybridized carbons (Fsp3) is 0.632. The average Bonchev–Trinajstić information content (AvgIpc) is 3.23. The SMILES string of the molecule is CCN(CC1CC1)C(=O)[C@H](OC1CCCC1)c1ccccc1. The summed E-state index contributed by atoms with van der Waals surface area (Å²) in [5.41, 5.74) is 0.994. The molecule has 0 heterocycles. The van der Waals surface area contributed by atoms with E-state index in [0.717, 1.165) is 31.5 Å². The van der Waals surface area contributed by atoms with Gasteiger partial charge >= 0.3 is 0 Å². The predicted octanol–water partition coefficient (Wildman–Crippen LogP) is 3.95. The molecule has 0 radical (unpaired) electrons.